The molecule has 7 heteroatoms. The second-order valence-electron chi connectivity index (χ2n) is 5.00. The van der Waals surface area contributed by atoms with E-state index in [1.165, 1.54) is 27.5 Å². The number of nitrogens with one attached hydrogen (secondary N) is 1. The number of carbonyl (C=O) groups excluding carboxylic acids is 1. The van der Waals surface area contributed by atoms with Crippen molar-refractivity contribution in [3.63, 3.8) is 0 Å². The summed E-state index contributed by atoms with van der Waals surface area (Å²) in [6.07, 6.45) is 0.0989. The van der Waals surface area contributed by atoms with E-state index in [-0.39, 0.29) is 0 Å². The van der Waals surface area contributed by atoms with Gasteiger partial charge >= 0.3 is 0 Å². The van der Waals surface area contributed by atoms with Crippen molar-refractivity contribution in [2.45, 2.75) is 6.10 Å². The Labute approximate surface area is 145 Å². The Balaban J connectivity index is 2.12. The molecule has 1 amide bonds. The molecule has 0 aliphatic rings. The number of amides is 1. The number of aliphatic hydroxyl groups is 1. The lowest BCUT2D eigenvalue weighted by molar-refractivity contribution is -0.129. The molecule has 0 saturated heterocycles. The minimum atomic E-state index is -1.30. The molecule has 2 rings (SSSR count). The minimum absolute atomic E-state index is 0.485. The molecule has 0 aliphatic heterocycles. The molecule has 1 unspecified atom stereocenters. The Hall–Kier alpha value is -3.06. The molecule has 7 nitrogen and oxygen atoms in total. The third-order valence-corrected chi connectivity index (χ3v) is 3.48. The standard InChI is InChI=1S/C18H20N2O5/c1-23-14-10-16(25-3)15(24-2)9-13(14)11-19-20-18(22)17(21)12-7-5-4-6-8-12/h4-11,17,21H,1-3H3,(H,20,22). The third kappa shape index (κ3) is 4.48. The molecule has 2 aromatic rings. The van der Waals surface area contributed by atoms with Gasteiger partial charge in [-0.15, -0.1) is 0 Å². The highest BCUT2D eigenvalue weighted by Gasteiger charge is 2.16. The largest absolute Gasteiger partial charge is 0.496 e. The molecule has 25 heavy (non-hydrogen) atoms. The Morgan fingerprint density at radius 2 is 1.64 bits per heavy atom. The summed E-state index contributed by atoms with van der Waals surface area (Å²) in [5.74, 6) is 0.876. The van der Waals surface area contributed by atoms with Crippen LogP contribution in [-0.4, -0.2) is 38.6 Å². The molecule has 0 spiro atoms. The van der Waals surface area contributed by atoms with E-state index >= 15 is 0 Å². The van der Waals surface area contributed by atoms with Crippen LogP contribution in [0.5, 0.6) is 17.2 Å². The average molecular weight is 344 g/mol. The number of nitrogens with zero attached hydrogens (tertiary/aromatic N) is 1. The summed E-state index contributed by atoms with van der Waals surface area (Å²) in [5.41, 5.74) is 3.36. The highest BCUT2D eigenvalue weighted by molar-refractivity contribution is 5.87. The van der Waals surface area contributed by atoms with Gasteiger partial charge in [0.25, 0.3) is 5.91 Å². The van der Waals surface area contributed by atoms with Gasteiger partial charge in [0.15, 0.2) is 17.6 Å². The van der Waals surface area contributed by atoms with Gasteiger partial charge in [-0.25, -0.2) is 5.43 Å². The van der Waals surface area contributed by atoms with Gasteiger partial charge in [0.1, 0.15) is 5.75 Å². The van der Waals surface area contributed by atoms with Gasteiger partial charge in [-0.3, -0.25) is 4.79 Å². The molecular formula is C18H20N2O5. The van der Waals surface area contributed by atoms with Gasteiger partial charge in [-0.2, -0.15) is 5.10 Å². The number of ether oxygens (including phenoxy) is 3. The molecule has 1 atom stereocenters. The normalized spacial score (nSPS) is 11.8. The Kier molecular flexibility index (Phi) is 6.36. The lowest BCUT2D eigenvalue weighted by Crippen LogP contribution is -2.25. The maximum Gasteiger partial charge on any atom is 0.273 e. The predicted molar refractivity (Wildman–Crippen MR) is 93.2 cm³/mol. The highest BCUT2D eigenvalue weighted by Crippen LogP contribution is 2.33. The summed E-state index contributed by atoms with van der Waals surface area (Å²) in [6.45, 7) is 0. The van der Waals surface area contributed by atoms with Gasteiger partial charge in [-0.1, -0.05) is 30.3 Å². The fraction of sp³-hybridized carbons (Fsp3) is 0.222. The summed E-state index contributed by atoms with van der Waals surface area (Å²) >= 11 is 0. The topological polar surface area (TPSA) is 89.4 Å². The number of carbonyl (C=O) groups is 1. The number of hydrogen-bond acceptors (Lipinski definition) is 6. The first-order valence-corrected chi connectivity index (χ1v) is 7.46. The highest BCUT2D eigenvalue weighted by atomic mass is 16.5. The van der Waals surface area contributed by atoms with Crippen LogP contribution in [0.15, 0.2) is 47.6 Å². The molecular weight excluding hydrogens is 324 g/mol. The summed E-state index contributed by atoms with van der Waals surface area (Å²) in [7, 11) is 4.55. The summed E-state index contributed by atoms with van der Waals surface area (Å²) in [4.78, 5) is 12.0. The van der Waals surface area contributed by atoms with Crippen molar-refractivity contribution in [3.05, 3.63) is 53.6 Å². The van der Waals surface area contributed by atoms with Gasteiger partial charge in [-0.05, 0) is 11.6 Å². The Bertz CT molecular complexity index is 747. The average Bonchev–Trinajstić information content (AvgIpc) is 2.67. The van der Waals surface area contributed by atoms with E-state index in [0.717, 1.165) is 0 Å². The maximum absolute atomic E-state index is 12.0. The third-order valence-electron chi connectivity index (χ3n) is 3.48. The SMILES string of the molecule is COc1cc(OC)c(OC)cc1C=NNC(=O)C(O)c1ccccc1. The molecule has 0 radical (unpaired) electrons. The second kappa shape index (κ2) is 8.70. The maximum atomic E-state index is 12.0. The smallest absolute Gasteiger partial charge is 0.273 e. The van der Waals surface area contributed by atoms with Crippen molar-refractivity contribution in [1.82, 2.24) is 5.43 Å². The van der Waals surface area contributed by atoms with Crippen LogP contribution in [-0.2, 0) is 4.79 Å². The summed E-state index contributed by atoms with van der Waals surface area (Å²) < 4.78 is 15.7. The predicted octanol–water partition coefficient (Wildman–Crippen LogP) is 1.90. The zero-order valence-corrected chi connectivity index (χ0v) is 14.2. The van der Waals surface area contributed by atoms with Crippen molar-refractivity contribution in [1.29, 1.82) is 0 Å². The lowest BCUT2D eigenvalue weighted by Gasteiger charge is -2.12. The number of benzene rings is 2. The van der Waals surface area contributed by atoms with Crippen molar-refractivity contribution < 1.29 is 24.1 Å². The molecule has 0 fully saturated rings. The monoisotopic (exact) mass is 344 g/mol. The van der Waals surface area contributed by atoms with E-state index in [9.17, 15) is 9.90 Å². The molecule has 132 valence electrons. The van der Waals surface area contributed by atoms with Crippen LogP contribution in [0.1, 0.15) is 17.2 Å². The summed E-state index contributed by atoms with van der Waals surface area (Å²) in [5, 5.41) is 13.9. The zero-order chi connectivity index (χ0) is 18.2. The quantitative estimate of drug-likeness (QED) is 0.591. The number of methoxy groups -OCH3 is 3. The van der Waals surface area contributed by atoms with Crippen LogP contribution in [0.2, 0.25) is 0 Å². The van der Waals surface area contributed by atoms with E-state index in [0.29, 0.717) is 28.4 Å². The molecule has 0 heterocycles. The number of hydrazone groups is 1. The fourth-order valence-electron chi connectivity index (χ4n) is 2.17. The van der Waals surface area contributed by atoms with Crippen molar-refractivity contribution >= 4 is 12.1 Å². The summed E-state index contributed by atoms with van der Waals surface area (Å²) in [6, 6.07) is 11.9. The van der Waals surface area contributed by atoms with Gasteiger partial charge in [0.05, 0.1) is 27.5 Å². The van der Waals surface area contributed by atoms with Crippen LogP contribution in [0.3, 0.4) is 0 Å². The molecule has 2 aromatic carbocycles. The Morgan fingerprint density at radius 3 is 2.24 bits per heavy atom. The molecule has 0 saturated carbocycles. The van der Waals surface area contributed by atoms with E-state index in [1.54, 1.807) is 42.5 Å². The Morgan fingerprint density at radius 1 is 1.04 bits per heavy atom. The van der Waals surface area contributed by atoms with E-state index in [4.69, 9.17) is 14.2 Å². The second-order valence-corrected chi connectivity index (χ2v) is 5.00. The van der Waals surface area contributed by atoms with E-state index in [2.05, 4.69) is 10.5 Å². The first-order valence-electron chi connectivity index (χ1n) is 7.46. The van der Waals surface area contributed by atoms with Crippen molar-refractivity contribution in [2.75, 3.05) is 21.3 Å². The molecule has 2 N–H and O–H groups in total. The first-order chi connectivity index (χ1) is 12.1. The van der Waals surface area contributed by atoms with Crippen LogP contribution >= 0.6 is 0 Å². The van der Waals surface area contributed by atoms with Crippen LogP contribution in [0.25, 0.3) is 0 Å². The van der Waals surface area contributed by atoms with Crippen LogP contribution in [0.4, 0.5) is 0 Å². The molecule has 0 aromatic heterocycles. The zero-order valence-electron chi connectivity index (χ0n) is 14.2. The van der Waals surface area contributed by atoms with Gasteiger partial charge < -0.3 is 19.3 Å². The first kappa shape index (κ1) is 18.3. The van der Waals surface area contributed by atoms with Gasteiger partial charge in [0, 0.05) is 11.6 Å². The lowest BCUT2D eigenvalue weighted by atomic mass is 10.1. The van der Waals surface area contributed by atoms with Crippen LogP contribution in [0, 0.1) is 0 Å². The number of rotatable bonds is 7. The van der Waals surface area contributed by atoms with Gasteiger partial charge in [0.2, 0.25) is 0 Å². The molecule has 0 aliphatic carbocycles. The number of aliphatic hydroxyl groups excluding tert-OH is 1. The van der Waals surface area contributed by atoms with Crippen molar-refractivity contribution in [3.8, 4) is 17.2 Å². The minimum Gasteiger partial charge on any atom is -0.496 e. The van der Waals surface area contributed by atoms with E-state index in [1.807, 2.05) is 0 Å². The number of hydrogen-bond donors (Lipinski definition) is 2. The van der Waals surface area contributed by atoms with Crippen molar-refractivity contribution in [2.24, 2.45) is 5.10 Å². The molecule has 0 bridgehead atoms. The van der Waals surface area contributed by atoms with Crippen LogP contribution < -0.4 is 19.6 Å². The fourth-order valence-corrected chi connectivity index (χ4v) is 2.17. The van der Waals surface area contributed by atoms with E-state index < -0.39 is 12.0 Å².